The standard InChI is InChI=1S/C15H18N2O/c1-11-6-13-7-12(2-3-15(13)17-9-11)8-14-10-16-4-5-18-14/h2-3,6-7,9,14,16H,4-5,8,10H2,1H3. The summed E-state index contributed by atoms with van der Waals surface area (Å²) in [4.78, 5) is 4.43. The summed E-state index contributed by atoms with van der Waals surface area (Å²) < 4.78 is 5.74. The molecule has 2 aromatic rings. The fourth-order valence-electron chi connectivity index (χ4n) is 2.43. The number of pyridine rings is 1. The lowest BCUT2D eigenvalue weighted by Gasteiger charge is -2.23. The third-order valence-electron chi connectivity index (χ3n) is 3.35. The predicted octanol–water partition coefficient (Wildman–Crippen LogP) is 2.07. The van der Waals surface area contributed by atoms with E-state index in [1.807, 2.05) is 6.20 Å². The summed E-state index contributed by atoms with van der Waals surface area (Å²) in [7, 11) is 0. The predicted molar refractivity (Wildman–Crippen MR) is 72.8 cm³/mol. The van der Waals surface area contributed by atoms with E-state index >= 15 is 0 Å². The minimum atomic E-state index is 0.300. The number of morpholine rings is 1. The Morgan fingerprint density at radius 2 is 2.33 bits per heavy atom. The first-order valence-corrected chi connectivity index (χ1v) is 6.49. The first-order valence-electron chi connectivity index (χ1n) is 6.49. The molecule has 0 spiro atoms. The average Bonchev–Trinajstić information content (AvgIpc) is 2.39. The van der Waals surface area contributed by atoms with E-state index in [0.717, 1.165) is 31.6 Å². The molecule has 1 unspecified atom stereocenters. The summed E-state index contributed by atoms with van der Waals surface area (Å²) in [6.07, 6.45) is 3.18. The van der Waals surface area contributed by atoms with E-state index < -0.39 is 0 Å². The van der Waals surface area contributed by atoms with Gasteiger partial charge in [0.2, 0.25) is 0 Å². The molecule has 1 saturated heterocycles. The van der Waals surface area contributed by atoms with E-state index in [2.05, 4.69) is 41.5 Å². The molecule has 1 aromatic carbocycles. The number of rotatable bonds is 2. The zero-order valence-electron chi connectivity index (χ0n) is 10.6. The highest BCUT2D eigenvalue weighted by atomic mass is 16.5. The molecule has 1 aromatic heterocycles. The molecule has 0 bridgehead atoms. The molecule has 0 amide bonds. The van der Waals surface area contributed by atoms with Gasteiger partial charge in [0.05, 0.1) is 18.2 Å². The molecule has 94 valence electrons. The number of nitrogens with zero attached hydrogens (tertiary/aromatic N) is 1. The van der Waals surface area contributed by atoms with Gasteiger partial charge in [-0.1, -0.05) is 6.07 Å². The van der Waals surface area contributed by atoms with Crippen LogP contribution in [0.5, 0.6) is 0 Å². The molecule has 3 heteroatoms. The highest BCUT2D eigenvalue weighted by molar-refractivity contribution is 5.79. The smallest absolute Gasteiger partial charge is 0.0740 e. The van der Waals surface area contributed by atoms with Gasteiger partial charge >= 0.3 is 0 Å². The molecular formula is C15H18N2O. The van der Waals surface area contributed by atoms with E-state index in [1.165, 1.54) is 16.5 Å². The van der Waals surface area contributed by atoms with Gasteiger partial charge in [0.1, 0.15) is 0 Å². The van der Waals surface area contributed by atoms with Crippen LogP contribution in [-0.4, -0.2) is 30.8 Å². The lowest BCUT2D eigenvalue weighted by molar-refractivity contribution is 0.0292. The van der Waals surface area contributed by atoms with Crippen LogP contribution in [0.2, 0.25) is 0 Å². The third kappa shape index (κ3) is 2.52. The monoisotopic (exact) mass is 242 g/mol. The molecule has 1 N–H and O–H groups in total. The Hall–Kier alpha value is -1.45. The van der Waals surface area contributed by atoms with E-state index in [0.29, 0.717) is 6.10 Å². The molecule has 0 radical (unpaired) electrons. The molecule has 3 rings (SSSR count). The molecule has 18 heavy (non-hydrogen) atoms. The summed E-state index contributed by atoms with van der Waals surface area (Å²) in [5, 5.41) is 4.58. The largest absolute Gasteiger partial charge is 0.375 e. The van der Waals surface area contributed by atoms with Crippen LogP contribution in [0.1, 0.15) is 11.1 Å². The molecule has 1 aliphatic heterocycles. The normalized spacial score (nSPS) is 20.2. The molecule has 1 aliphatic rings. The van der Waals surface area contributed by atoms with Crippen LogP contribution in [0.3, 0.4) is 0 Å². The Morgan fingerprint density at radius 3 is 3.17 bits per heavy atom. The van der Waals surface area contributed by atoms with Gasteiger partial charge in [-0.15, -0.1) is 0 Å². The number of benzene rings is 1. The lowest BCUT2D eigenvalue weighted by Crippen LogP contribution is -2.39. The fraction of sp³-hybridized carbons (Fsp3) is 0.400. The van der Waals surface area contributed by atoms with Crippen LogP contribution in [-0.2, 0) is 11.2 Å². The first-order chi connectivity index (χ1) is 8.81. The van der Waals surface area contributed by atoms with Gasteiger partial charge in [0.25, 0.3) is 0 Å². The highest BCUT2D eigenvalue weighted by Crippen LogP contribution is 2.17. The lowest BCUT2D eigenvalue weighted by atomic mass is 10.0. The average molecular weight is 242 g/mol. The Kier molecular flexibility index (Phi) is 3.26. The zero-order chi connectivity index (χ0) is 12.4. The summed E-state index contributed by atoms with van der Waals surface area (Å²) in [6, 6.07) is 8.67. The molecule has 2 heterocycles. The molecule has 3 nitrogen and oxygen atoms in total. The van der Waals surface area contributed by atoms with Crippen molar-refractivity contribution in [3.05, 3.63) is 41.6 Å². The van der Waals surface area contributed by atoms with Gasteiger partial charge in [-0.2, -0.15) is 0 Å². The number of aryl methyl sites for hydroxylation is 1. The highest BCUT2D eigenvalue weighted by Gasteiger charge is 2.13. The summed E-state index contributed by atoms with van der Waals surface area (Å²) in [6.45, 7) is 4.81. The molecule has 1 atom stereocenters. The SMILES string of the molecule is Cc1cnc2ccc(CC3CNCCO3)cc2c1. The maximum Gasteiger partial charge on any atom is 0.0740 e. The van der Waals surface area contributed by atoms with Crippen LogP contribution in [0, 0.1) is 6.92 Å². The summed E-state index contributed by atoms with van der Waals surface area (Å²) in [5.74, 6) is 0. The van der Waals surface area contributed by atoms with Gasteiger partial charge in [0.15, 0.2) is 0 Å². The van der Waals surface area contributed by atoms with E-state index in [1.54, 1.807) is 0 Å². The number of nitrogens with one attached hydrogen (secondary N) is 1. The van der Waals surface area contributed by atoms with Crippen molar-refractivity contribution in [1.29, 1.82) is 0 Å². The van der Waals surface area contributed by atoms with Gasteiger partial charge in [-0.25, -0.2) is 0 Å². The summed E-state index contributed by atoms with van der Waals surface area (Å²) >= 11 is 0. The summed E-state index contributed by atoms with van der Waals surface area (Å²) in [5.41, 5.74) is 3.59. The second-order valence-electron chi connectivity index (χ2n) is 4.94. The van der Waals surface area contributed by atoms with Crippen molar-refractivity contribution in [3.63, 3.8) is 0 Å². The Bertz CT molecular complexity index is 547. The second-order valence-corrected chi connectivity index (χ2v) is 4.94. The topological polar surface area (TPSA) is 34.2 Å². The number of ether oxygens (including phenoxy) is 1. The van der Waals surface area contributed by atoms with Gasteiger partial charge in [-0.3, -0.25) is 4.98 Å². The maximum atomic E-state index is 5.74. The number of aromatic nitrogens is 1. The maximum absolute atomic E-state index is 5.74. The van der Waals surface area contributed by atoms with Crippen molar-refractivity contribution in [1.82, 2.24) is 10.3 Å². The van der Waals surface area contributed by atoms with Gasteiger partial charge in [0, 0.05) is 24.7 Å². The van der Waals surface area contributed by atoms with Crippen molar-refractivity contribution in [2.45, 2.75) is 19.4 Å². The van der Waals surface area contributed by atoms with Crippen LogP contribution >= 0.6 is 0 Å². The molecule has 0 aliphatic carbocycles. The zero-order valence-corrected chi connectivity index (χ0v) is 10.6. The van der Waals surface area contributed by atoms with Crippen molar-refractivity contribution >= 4 is 10.9 Å². The Balaban J connectivity index is 1.83. The van der Waals surface area contributed by atoms with Gasteiger partial charge in [-0.05, 0) is 42.7 Å². The third-order valence-corrected chi connectivity index (χ3v) is 3.35. The van der Waals surface area contributed by atoms with Crippen molar-refractivity contribution in [2.75, 3.05) is 19.7 Å². The number of hydrogen-bond donors (Lipinski definition) is 1. The van der Waals surface area contributed by atoms with Crippen LogP contribution in [0.4, 0.5) is 0 Å². The van der Waals surface area contributed by atoms with E-state index in [-0.39, 0.29) is 0 Å². The Morgan fingerprint density at radius 1 is 1.39 bits per heavy atom. The van der Waals surface area contributed by atoms with Crippen LogP contribution < -0.4 is 5.32 Å². The van der Waals surface area contributed by atoms with Crippen LogP contribution in [0.15, 0.2) is 30.5 Å². The van der Waals surface area contributed by atoms with E-state index in [9.17, 15) is 0 Å². The molecule has 0 saturated carbocycles. The first kappa shape index (κ1) is 11.6. The quantitative estimate of drug-likeness (QED) is 0.875. The Labute approximate surface area is 107 Å². The van der Waals surface area contributed by atoms with Crippen molar-refractivity contribution < 1.29 is 4.74 Å². The van der Waals surface area contributed by atoms with Crippen molar-refractivity contribution in [3.8, 4) is 0 Å². The van der Waals surface area contributed by atoms with Crippen molar-refractivity contribution in [2.24, 2.45) is 0 Å². The minimum Gasteiger partial charge on any atom is -0.375 e. The van der Waals surface area contributed by atoms with Crippen LogP contribution in [0.25, 0.3) is 10.9 Å². The fourth-order valence-corrected chi connectivity index (χ4v) is 2.43. The number of fused-ring (bicyclic) bond motifs is 1. The second kappa shape index (κ2) is 5.04. The van der Waals surface area contributed by atoms with E-state index in [4.69, 9.17) is 4.74 Å². The molecule has 1 fully saturated rings. The van der Waals surface area contributed by atoms with Gasteiger partial charge < -0.3 is 10.1 Å². The number of hydrogen-bond acceptors (Lipinski definition) is 3. The molecular weight excluding hydrogens is 224 g/mol. The minimum absolute atomic E-state index is 0.300.